The van der Waals surface area contributed by atoms with E-state index in [1.54, 1.807) is 0 Å². The van der Waals surface area contributed by atoms with Crippen LogP contribution < -0.4 is 5.73 Å². The van der Waals surface area contributed by atoms with Crippen molar-refractivity contribution >= 4 is 0 Å². The van der Waals surface area contributed by atoms with E-state index in [1.807, 2.05) is 12.1 Å². The van der Waals surface area contributed by atoms with Crippen LogP contribution >= 0.6 is 0 Å². The first kappa shape index (κ1) is 8.73. The Morgan fingerprint density at radius 3 is 3.08 bits per heavy atom. The lowest BCUT2D eigenvalue weighted by Gasteiger charge is -2.22. The smallest absolute Gasteiger partial charge is 0.0681 e. The van der Waals surface area contributed by atoms with Gasteiger partial charge in [0, 0.05) is 6.04 Å². The average Bonchev–Trinajstić information content (AvgIpc) is 2.18. The first-order valence-corrected chi connectivity index (χ1v) is 4.79. The van der Waals surface area contributed by atoms with Gasteiger partial charge in [-0.05, 0) is 36.0 Å². The third-order valence-electron chi connectivity index (χ3n) is 2.75. The topological polar surface area (TPSA) is 46.2 Å². The van der Waals surface area contributed by atoms with E-state index in [9.17, 15) is 0 Å². The molecular formula is C11H15NO. The maximum absolute atomic E-state index is 8.98. The van der Waals surface area contributed by atoms with Crippen LogP contribution in [0.25, 0.3) is 0 Å². The molecule has 2 heteroatoms. The number of rotatable bonds is 1. The zero-order valence-corrected chi connectivity index (χ0v) is 7.66. The molecule has 0 bridgehead atoms. The van der Waals surface area contributed by atoms with Crippen LogP contribution in [0.2, 0.25) is 0 Å². The summed E-state index contributed by atoms with van der Waals surface area (Å²) < 4.78 is 0. The van der Waals surface area contributed by atoms with Gasteiger partial charge in [0.05, 0.1) is 6.61 Å². The molecule has 0 aliphatic heterocycles. The van der Waals surface area contributed by atoms with Crippen LogP contribution in [-0.4, -0.2) is 5.11 Å². The third kappa shape index (κ3) is 1.60. The molecule has 2 nitrogen and oxygen atoms in total. The highest BCUT2D eigenvalue weighted by atomic mass is 16.3. The van der Waals surface area contributed by atoms with Gasteiger partial charge in [0.15, 0.2) is 0 Å². The van der Waals surface area contributed by atoms with Gasteiger partial charge in [-0.15, -0.1) is 0 Å². The minimum atomic E-state index is 0.111. The fourth-order valence-electron chi connectivity index (χ4n) is 1.98. The zero-order valence-electron chi connectivity index (χ0n) is 7.66. The van der Waals surface area contributed by atoms with Gasteiger partial charge in [0.1, 0.15) is 0 Å². The van der Waals surface area contributed by atoms with Gasteiger partial charge in [-0.25, -0.2) is 0 Å². The second-order valence-corrected chi connectivity index (χ2v) is 3.69. The number of aliphatic hydroxyl groups excluding tert-OH is 1. The van der Waals surface area contributed by atoms with Crippen molar-refractivity contribution in [3.63, 3.8) is 0 Å². The molecule has 0 amide bonds. The second-order valence-electron chi connectivity index (χ2n) is 3.69. The summed E-state index contributed by atoms with van der Waals surface area (Å²) in [5.74, 6) is 0. The quantitative estimate of drug-likeness (QED) is 0.683. The molecule has 13 heavy (non-hydrogen) atoms. The summed E-state index contributed by atoms with van der Waals surface area (Å²) >= 11 is 0. The van der Waals surface area contributed by atoms with Gasteiger partial charge >= 0.3 is 0 Å². The van der Waals surface area contributed by atoms with Gasteiger partial charge in [-0.3, -0.25) is 0 Å². The predicted octanol–water partition coefficient (Wildman–Crippen LogP) is 1.52. The lowest BCUT2D eigenvalue weighted by atomic mass is 9.87. The van der Waals surface area contributed by atoms with Crippen LogP contribution in [0.15, 0.2) is 18.2 Å². The van der Waals surface area contributed by atoms with Crippen LogP contribution in [0.5, 0.6) is 0 Å². The molecule has 0 aromatic heterocycles. The minimum absolute atomic E-state index is 0.111. The SMILES string of the molecule is NC1CCCc2ccc(CO)cc21. The van der Waals surface area contributed by atoms with E-state index in [0.29, 0.717) is 0 Å². The van der Waals surface area contributed by atoms with Gasteiger partial charge in [0.2, 0.25) is 0 Å². The molecule has 0 radical (unpaired) electrons. The van der Waals surface area contributed by atoms with Crippen molar-refractivity contribution in [1.29, 1.82) is 0 Å². The fraction of sp³-hybridized carbons (Fsp3) is 0.455. The highest BCUT2D eigenvalue weighted by molar-refractivity contribution is 5.35. The summed E-state index contributed by atoms with van der Waals surface area (Å²) in [5, 5.41) is 8.98. The standard InChI is InChI=1S/C11H15NO/c12-11-3-1-2-9-5-4-8(7-13)6-10(9)11/h4-6,11,13H,1-3,7,12H2. The molecule has 0 fully saturated rings. The number of benzene rings is 1. The molecule has 1 aromatic rings. The van der Waals surface area contributed by atoms with E-state index in [1.165, 1.54) is 17.5 Å². The third-order valence-corrected chi connectivity index (χ3v) is 2.75. The summed E-state index contributed by atoms with van der Waals surface area (Å²) in [6.07, 6.45) is 3.39. The van der Waals surface area contributed by atoms with Crippen molar-refractivity contribution in [2.75, 3.05) is 0 Å². The van der Waals surface area contributed by atoms with Crippen molar-refractivity contribution in [3.05, 3.63) is 34.9 Å². The first-order chi connectivity index (χ1) is 6.31. The molecule has 2 rings (SSSR count). The van der Waals surface area contributed by atoms with Crippen LogP contribution in [-0.2, 0) is 13.0 Å². The van der Waals surface area contributed by atoms with Crippen LogP contribution in [0.1, 0.15) is 35.6 Å². The summed E-state index contributed by atoms with van der Waals surface area (Å²) in [6.45, 7) is 0.111. The molecular weight excluding hydrogens is 162 g/mol. The highest BCUT2D eigenvalue weighted by Crippen LogP contribution is 2.28. The van der Waals surface area contributed by atoms with Crippen LogP contribution in [0.4, 0.5) is 0 Å². The predicted molar refractivity (Wildman–Crippen MR) is 52.2 cm³/mol. The number of aliphatic hydroxyl groups is 1. The van der Waals surface area contributed by atoms with Crippen molar-refractivity contribution in [2.24, 2.45) is 5.73 Å². The van der Waals surface area contributed by atoms with Gasteiger partial charge in [0.25, 0.3) is 0 Å². The fourth-order valence-corrected chi connectivity index (χ4v) is 1.98. The zero-order chi connectivity index (χ0) is 9.26. The Morgan fingerprint density at radius 1 is 1.46 bits per heavy atom. The summed E-state index contributed by atoms with van der Waals surface area (Å²) in [4.78, 5) is 0. The van der Waals surface area contributed by atoms with E-state index in [-0.39, 0.29) is 12.6 Å². The maximum atomic E-state index is 8.98. The number of nitrogens with two attached hydrogens (primary N) is 1. The van der Waals surface area contributed by atoms with E-state index in [2.05, 4.69) is 6.07 Å². The molecule has 1 aliphatic rings. The Balaban J connectivity index is 2.41. The number of hydrogen-bond donors (Lipinski definition) is 2. The second kappa shape index (κ2) is 3.48. The van der Waals surface area contributed by atoms with Gasteiger partial charge in [-0.2, -0.15) is 0 Å². The van der Waals surface area contributed by atoms with E-state index >= 15 is 0 Å². The molecule has 0 saturated carbocycles. The molecule has 0 saturated heterocycles. The molecule has 3 N–H and O–H groups in total. The largest absolute Gasteiger partial charge is 0.392 e. The van der Waals surface area contributed by atoms with Crippen molar-refractivity contribution in [3.8, 4) is 0 Å². The molecule has 0 heterocycles. The molecule has 1 aromatic carbocycles. The Kier molecular flexibility index (Phi) is 2.34. The summed E-state index contributed by atoms with van der Waals surface area (Å²) in [6, 6.07) is 6.30. The lowest BCUT2D eigenvalue weighted by molar-refractivity contribution is 0.281. The average molecular weight is 177 g/mol. The van der Waals surface area contributed by atoms with Gasteiger partial charge in [-0.1, -0.05) is 18.2 Å². The van der Waals surface area contributed by atoms with E-state index < -0.39 is 0 Å². The summed E-state index contributed by atoms with van der Waals surface area (Å²) in [7, 11) is 0. The maximum Gasteiger partial charge on any atom is 0.0681 e. The molecule has 1 atom stereocenters. The van der Waals surface area contributed by atoms with Crippen LogP contribution in [0.3, 0.4) is 0 Å². The van der Waals surface area contributed by atoms with Crippen molar-refractivity contribution in [2.45, 2.75) is 31.9 Å². The van der Waals surface area contributed by atoms with Crippen LogP contribution in [0, 0.1) is 0 Å². The Hall–Kier alpha value is -0.860. The molecule has 1 aliphatic carbocycles. The minimum Gasteiger partial charge on any atom is -0.392 e. The number of fused-ring (bicyclic) bond motifs is 1. The van der Waals surface area contributed by atoms with E-state index in [0.717, 1.165) is 18.4 Å². The molecule has 70 valence electrons. The monoisotopic (exact) mass is 177 g/mol. The summed E-state index contributed by atoms with van der Waals surface area (Å²) in [5.41, 5.74) is 9.55. The molecule has 1 unspecified atom stereocenters. The van der Waals surface area contributed by atoms with Crippen molar-refractivity contribution in [1.82, 2.24) is 0 Å². The molecule has 0 spiro atoms. The highest BCUT2D eigenvalue weighted by Gasteiger charge is 2.16. The van der Waals surface area contributed by atoms with Crippen molar-refractivity contribution < 1.29 is 5.11 Å². The Bertz CT molecular complexity index is 309. The number of hydrogen-bond acceptors (Lipinski definition) is 2. The first-order valence-electron chi connectivity index (χ1n) is 4.79. The number of aryl methyl sites for hydroxylation is 1. The Morgan fingerprint density at radius 2 is 2.31 bits per heavy atom. The Labute approximate surface area is 78.4 Å². The lowest BCUT2D eigenvalue weighted by Crippen LogP contribution is -2.17. The normalized spacial score (nSPS) is 21.2. The van der Waals surface area contributed by atoms with E-state index in [4.69, 9.17) is 10.8 Å². The van der Waals surface area contributed by atoms with Gasteiger partial charge < -0.3 is 10.8 Å².